The van der Waals surface area contributed by atoms with Gasteiger partial charge in [-0.05, 0) is 55.0 Å². The summed E-state index contributed by atoms with van der Waals surface area (Å²) in [4.78, 5) is 3.34. The summed E-state index contributed by atoms with van der Waals surface area (Å²) in [5.74, 6) is 1.60. The Bertz CT molecular complexity index is 1300. The van der Waals surface area contributed by atoms with E-state index in [1.165, 1.54) is 16.5 Å². The lowest BCUT2D eigenvalue weighted by Gasteiger charge is -2.11. The van der Waals surface area contributed by atoms with Crippen LogP contribution in [0.3, 0.4) is 0 Å². The van der Waals surface area contributed by atoms with Crippen LogP contribution in [0.15, 0.2) is 84.1 Å². The van der Waals surface area contributed by atoms with Gasteiger partial charge in [0.15, 0.2) is 11.0 Å². The van der Waals surface area contributed by atoms with Gasteiger partial charge in [0.25, 0.3) is 0 Å². The number of halogens is 1. The molecule has 0 bridgehead atoms. The molecule has 0 spiro atoms. The van der Waals surface area contributed by atoms with Gasteiger partial charge in [-0.15, -0.1) is 10.2 Å². The normalized spacial score (nSPS) is 11.3. The Hall–Kier alpha value is -3.02. The van der Waals surface area contributed by atoms with Crippen molar-refractivity contribution in [1.82, 2.24) is 19.7 Å². The first-order valence-electron chi connectivity index (χ1n) is 9.65. The fourth-order valence-corrected chi connectivity index (χ4v) is 4.54. The van der Waals surface area contributed by atoms with E-state index in [1.54, 1.807) is 11.8 Å². The van der Waals surface area contributed by atoms with E-state index in [9.17, 15) is 0 Å². The number of nitrogens with one attached hydrogen (secondary N) is 1. The van der Waals surface area contributed by atoms with Crippen molar-refractivity contribution in [2.75, 3.05) is 0 Å². The third-order valence-electron chi connectivity index (χ3n) is 5.06. The van der Waals surface area contributed by atoms with Crippen LogP contribution in [0.2, 0.25) is 5.02 Å². The van der Waals surface area contributed by atoms with Crippen LogP contribution in [0.5, 0.6) is 0 Å². The lowest BCUT2D eigenvalue weighted by molar-refractivity contribution is 0.885. The molecule has 3 aromatic carbocycles. The fourth-order valence-electron chi connectivity index (χ4n) is 3.47. The highest BCUT2D eigenvalue weighted by atomic mass is 35.5. The van der Waals surface area contributed by atoms with Gasteiger partial charge in [0, 0.05) is 39.1 Å². The van der Waals surface area contributed by atoms with Gasteiger partial charge in [-0.3, -0.25) is 4.57 Å². The van der Waals surface area contributed by atoms with Crippen molar-refractivity contribution in [3.63, 3.8) is 0 Å². The van der Waals surface area contributed by atoms with Crippen LogP contribution in [0, 0.1) is 6.92 Å². The van der Waals surface area contributed by atoms with Gasteiger partial charge in [-0.1, -0.05) is 59.3 Å². The summed E-state index contributed by atoms with van der Waals surface area (Å²) in [6, 6.07) is 24.5. The number of hydrogen-bond acceptors (Lipinski definition) is 3. The van der Waals surface area contributed by atoms with E-state index in [-0.39, 0.29) is 0 Å². The van der Waals surface area contributed by atoms with Crippen LogP contribution in [0.4, 0.5) is 0 Å². The molecule has 0 aliphatic heterocycles. The summed E-state index contributed by atoms with van der Waals surface area (Å²) in [5.41, 5.74) is 5.63. The average molecular weight is 431 g/mol. The minimum Gasteiger partial charge on any atom is -0.361 e. The monoisotopic (exact) mass is 430 g/mol. The summed E-state index contributed by atoms with van der Waals surface area (Å²) in [6.07, 6.45) is 2.07. The molecule has 30 heavy (non-hydrogen) atoms. The predicted octanol–water partition coefficient (Wildman–Crippen LogP) is 6.67. The molecular formula is C24H19ClN4S. The Morgan fingerprint density at radius 1 is 0.933 bits per heavy atom. The first-order chi connectivity index (χ1) is 14.7. The first-order valence-corrected chi connectivity index (χ1v) is 11.0. The zero-order chi connectivity index (χ0) is 20.5. The molecule has 0 saturated carbocycles. The summed E-state index contributed by atoms with van der Waals surface area (Å²) < 4.78 is 2.11. The summed E-state index contributed by atoms with van der Waals surface area (Å²) in [6.45, 7) is 2.09. The number of H-pyrrole nitrogens is 1. The van der Waals surface area contributed by atoms with Crippen molar-refractivity contribution >= 4 is 34.3 Å². The smallest absolute Gasteiger partial charge is 0.196 e. The number of para-hydroxylation sites is 1. The summed E-state index contributed by atoms with van der Waals surface area (Å²) >= 11 is 7.76. The zero-order valence-corrected chi connectivity index (χ0v) is 17.9. The lowest BCUT2D eigenvalue weighted by atomic mass is 10.2. The van der Waals surface area contributed by atoms with Crippen LogP contribution in [0.1, 0.15) is 11.1 Å². The molecule has 0 aliphatic rings. The Labute approximate surface area is 183 Å². The van der Waals surface area contributed by atoms with Crippen LogP contribution in [-0.4, -0.2) is 19.7 Å². The molecular weight excluding hydrogens is 412 g/mol. The number of thioether (sulfide) groups is 1. The van der Waals surface area contributed by atoms with Crippen LogP contribution >= 0.6 is 23.4 Å². The molecule has 0 unspecified atom stereocenters. The van der Waals surface area contributed by atoms with E-state index in [0.717, 1.165) is 33.5 Å². The van der Waals surface area contributed by atoms with E-state index in [2.05, 4.69) is 75.3 Å². The standard InChI is InChI=1S/C24H19ClN4S/c1-16-6-12-20(13-7-16)29-23(17-8-10-19(25)11-9-17)27-28-24(29)30-15-18-14-26-22-5-3-2-4-21(18)22/h2-14,26H,15H2,1H3. The maximum Gasteiger partial charge on any atom is 0.196 e. The van der Waals surface area contributed by atoms with E-state index in [0.29, 0.717) is 5.02 Å². The molecule has 0 fully saturated rings. The minimum absolute atomic E-state index is 0.703. The second kappa shape index (κ2) is 8.01. The predicted molar refractivity (Wildman–Crippen MR) is 124 cm³/mol. The largest absolute Gasteiger partial charge is 0.361 e. The second-order valence-corrected chi connectivity index (χ2v) is 8.51. The van der Waals surface area contributed by atoms with Gasteiger partial charge in [0.1, 0.15) is 0 Å². The van der Waals surface area contributed by atoms with Crippen LogP contribution < -0.4 is 0 Å². The van der Waals surface area contributed by atoms with E-state index >= 15 is 0 Å². The number of hydrogen-bond donors (Lipinski definition) is 1. The molecule has 0 saturated heterocycles. The molecule has 4 nitrogen and oxygen atoms in total. The molecule has 0 aliphatic carbocycles. The molecule has 1 N–H and O–H groups in total. The van der Waals surface area contributed by atoms with Gasteiger partial charge in [-0.2, -0.15) is 0 Å². The SMILES string of the molecule is Cc1ccc(-n2c(SCc3c[nH]c4ccccc34)nnc2-c2ccc(Cl)cc2)cc1. The topological polar surface area (TPSA) is 46.5 Å². The van der Waals surface area contributed by atoms with Crippen molar-refractivity contribution in [3.05, 3.63) is 95.1 Å². The molecule has 5 rings (SSSR count). The Morgan fingerprint density at radius 2 is 1.70 bits per heavy atom. The number of fused-ring (bicyclic) bond motifs is 1. The molecule has 0 radical (unpaired) electrons. The summed E-state index contributed by atoms with van der Waals surface area (Å²) in [5, 5.41) is 11.8. The third-order valence-corrected chi connectivity index (χ3v) is 6.29. The zero-order valence-electron chi connectivity index (χ0n) is 16.3. The molecule has 6 heteroatoms. The Kier molecular flexibility index (Phi) is 5.07. The van der Waals surface area contributed by atoms with Gasteiger partial charge < -0.3 is 4.98 Å². The average Bonchev–Trinajstić information content (AvgIpc) is 3.38. The number of rotatable bonds is 5. The van der Waals surface area contributed by atoms with Crippen molar-refractivity contribution in [2.45, 2.75) is 17.8 Å². The lowest BCUT2D eigenvalue weighted by Crippen LogP contribution is -2.00. The fraction of sp³-hybridized carbons (Fsp3) is 0.0833. The maximum atomic E-state index is 6.08. The van der Waals surface area contributed by atoms with Gasteiger partial charge in [-0.25, -0.2) is 0 Å². The maximum absolute atomic E-state index is 6.08. The molecule has 5 aromatic rings. The number of nitrogens with zero attached hydrogens (tertiary/aromatic N) is 3. The highest BCUT2D eigenvalue weighted by molar-refractivity contribution is 7.98. The molecule has 0 atom stereocenters. The van der Waals surface area contributed by atoms with Crippen molar-refractivity contribution < 1.29 is 0 Å². The Balaban J connectivity index is 1.54. The van der Waals surface area contributed by atoms with E-state index in [1.807, 2.05) is 30.3 Å². The number of benzene rings is 3. The van der Waals surface area contributed by atoms with Crippen molar-refractivity contribution in [2.24, 2.45) is 0 Å². The van der Waals surface area contributed by atoms with Crippen LogP contribution in [-0.2, 0) is 5.75 Å². The van der Waals surface area contributed by atoms with Gasteiger partial charge >= 0.3 is 0 Å². The van der Waals surface area contributed by atoms with Crippen molar-refractivity contribution in [3.8, 4) is 17.1 Å². The minimum atomic E-state index is 0.703. The quantitative estimate of drug-likeness (QED) is 0.317. The van der Waals surface area contributed by atoms with E-state index in [4.69, 9.17) is 11.6 Å². The Morgan fingerprint density at radius 3 is 2.50 bits per heavy atom. The summed E-state index contributed by atoms with van der Waals surface area (Å²) in [7, 11) is 0. The molecule has 2 aromatic heterocycles. The van der Waals surface area contributed by atoms with Gasteiger partial charge in [0.2, 0.25) is 0 Å². The molecule has 148 valence electrons. The van der Waals surface area contributed by atoms with E-state index < -0.39 is 0 Å². The second-order valence-electron chi connectivity index (χ2n) is 7.13. The van der Waals surface area contributed by atoms with Gasteiger partial charge in [0.05, 0.1) is 0 Å². The number of aryl methyl sites for hydroxylation is 1. The first kappa shape index (κ1) is 19.0. The molecule has 2 heterocycles. The highest BCUT2D eigenvalue weighted by Gasteiger charge is 2.17. The number of aromatic nitrogens is 4. The molecule has 0 amide bonds. The third kappa shape index (κ3) is 3.62. The van der Waals surface area contributed by atoms with Crippen LogP contribution in [0.25, 0.3) is 28.0 Å². The van der Waals surface area contributed by atoms with Crippen molar-refractivity contribution in [1.29, 1.82) is 0 Å². The number of aromatic amines is 1. The highest BCUT2D eigenvalue weighted by Crippen LogP contribution is 2.32.